The van der Waals surface area contributed by atoms with Crippen molar-refractivity contribution < 1.29 is 23.0 Å². The minimum absolute atomic E-state index is 0.0143. The van der Waals surface area contributed by atoms with Crippen LogP contribution in [-0.4, -0.2) is 30.6 Å². The Labute approximate surface area is 81.1 Å². The molecule has 2 atom stereocenters. The molecule has 1 rings (SSSR count). The zero-order valence-corrected chi connectivity index (χ0v) is 8.10. The molecule has 0 aromatic carbocycles. The summed E-state index contributed by atoms with van der Waals surface area (Å²) >= 11 is 0. The quantitative estimate of drug-likeness (QED) is 0.759. The number of alkyl halides is 3. The van der Waals surface area contributed by atoms with Crippen LogP contribution >= 0.6 is 0 Å². The van der Waals surface area contributed by atoms with Crippen LogP contribution < -0.4 is 0 Å². The molecule has 2 nitrogen and oxygen atoms in total. The summed E-state index contributed by atoms with van der Waals surface area (Å²) in [5, 5.41) is 9.78. The molecule has 1 N–H and O–H groups in total. The van der Waals surface area contributed by atoms with Crippen molar-refractivity contribution >= 4 is 0 Å². The molecule has 0 bridgehead atoms. The lowest BCUT2D eigenvalue weighted by molar-refractivity contribution is -0.205. The Morgan fingerprint density at radius 2 is 2.14 bits per heavy atom. The first kappa shape index (κ1) is 11.8. The van der Waals surface area contributed by atoms with E-state index < -0.39 is 17.7 Å². The van der Waals surface area contributed by atoms with E-state index in [9.17, 15) is 18.3 Å². The summed E-state index contributed by atoms with van der Waals surface area (Å²) in [6.45, 7) is -0.0143. The van der Waals surface area contributed by atoms with Crippen LogP contribution in [0.2, 0.25) is 0 Å². The minimum atomic E-state index is -4.19. The van der Waals surface area contributed by atoms with Gasteiger partial charge in [-0.25, -0.2) is 0 Å². The first-order chi connectivity index (χ1) is 6.37. The first-order valence-corrected chi connectivity index (χ1v) is 4.65. The van der Waals surface area contributed by atoms with Crippen molar-refractivity contribution in [3.05, 3.63) is 0 Å². The zero-order chi connectivity index (χ0) is 10.8. The van der Waals surface area contributed by atoms with Crippen molar-refractivity contribution in [2.45, 2.75) is 37.5 Å². The van der Waals surface area contributed by atoms with Crippen LogP contribution in [0.3, 0.4) is 0 Å². The van der Waals surface area contributed by atoms with Gasteiger partial charge in [0, 0.05) is 7.11 Å². The van der Waals surface area contributed by atoms with Crippen molar-refractivity contribution in [2.24, 2.45) is 5.92 Å². The molecule has 1 aliphatic carbocycles. The van der Waals surface area contributed by atoms with Gasteiger partial charge in [-0.3, -0.25) is 0 Å². The Kier molecular flexibility index (Phi) is 3.42. The fourth-order valence-electron chi connectivity index (χ4n) is 2.02. The molecule has 2 unspecified atom stereocenters. The summed E-state index contributed by atoms with van der Waals surface area (Å²) in [5.41, 5.74) is -1.28. The molecule has 1 aliphatic rings. The lowest BCUT2D eigenvalue weighted by Crippen LogP contribution is -2.43. The third-order valence-electron chi connectivity index (χ3n) is 2.70. The van der Waals surface area contributed by atoms with Gasteiger partial charge in [0.25, 0.3) is 0 Å². The van der Waals surface area contributed by atoms with E-state index >= 15 is 0 Å². The maximum absolute atomic E-state index is 12.4. The second-order valence-corrected chi connectivity index (χ2v) is 3.99. The predicted molar refractivity (Wildman–Crippen MR) is 44.8 cm³/mol. The summed E-state index contributed by atoms with van der Waals surface area (Å²) < 4.78 is 41.8. The fraction of sp³-hybridized carbons (Fsp3) is 1.00. The van der Waals surface area contributed by atoms with Crippen molar-refractivity contribution in [3.63, 3.8) is 0 Å². The predicted octanol–water partition coefficient (Wildman–Crippen LogP) is 2.12. The molecular weight excluding hydrogens is 197 g/mol. The van der Waals surface area contributed by atoms with Crippen LogP contribution in [0.15, 0.2) is 0 Å². The first-order valence-electron chi connectivity index (χ1n) is 4.65. The van der Waals surface area contributed by atoms with E-state index in [1.165, 1.54) is 7.11 Å². The third-order valence-corrected chi connectivity index (χ3v) is 2.70. The van der Waals surface area contributed by atoms with Crippen molar-refractivity contribution in [1.82, 2.24) is 0 Å². The molecule has 0 saturated heterocycles. The molecule has 0 heterocycles. The van der Waals surface area contributed by atoms with Crippen molar-refractivity contribution in [2.75, 3.05) is 13.7 Å². The van der Waals surface area contributed by atoms with Gasteiger partial charge >= 0.3 is 6.18 Å². The van der Waals surface area contributed by atoms with Crippen LogP contribution in [0.5, 0.6) is 0 Å². The van der Waals surface area contributed by atoms with Gasteiger partial charge < -0.3 is 9.84 Å². The Morgan fingerprint density at radius 3 is 2.64 bits per heavy atom. The van der Waals surface area contributed by atoms with E-state index in [2.05, 4.69) is 0 Å². The molecule has 84 valence electrons. The van der Waals surface area contributed by atoms with Crippen LogP contribution in [0.4, 0.5) is 13.2 Å². The van der Waals surface area contributed by atoms with E-state index in [1.54, 1.807) is 0 Å². The highest BCUT2D eigenvalue weighted by molar-refractivity contribution is 4.88. The third kappa shape index (κ3) is 2.85. The normalized spacial score (nSPS) is 34.5. The smallest absolute Gasteiger partial charge is 0.387 e. The van der Waals surface area contributed by atoms with Crippen LogP contribution in [-0.2, 0) is 4.74 Å². The SMILES string of the molecule is COCC1(O)CCCC(C(F)(F)F)C1. The number of hydrogen-bond donors (Lipinski definition) is 1. The van der Waals surface area contributed by atoms with E-state index in [0.717, 1.165) is 0 Å². The van der Waals surface area contributed by atoms with Gasteiger partial charge in [-0.2, -0.15) is 13.2 Å². The lowest BCUT2D eigenvalue weighted by Gasteiger charge is -2.36. The number of halogens is 3. The van der Waals surface area contributed by atoms with Crippen molar-refractivity contribution in [3.8, 4) is 0 Å². The standard InChI is InChI=1S/C9H15F3O2/c1-14-6-8(13)4-2-3-7(5-8)9(10,11)12/h7,13H,2-6H2,1H3. The molecule has 0 aromatic rings. The van der Waals surface area contributed by atoms with Gasteiger partial charge in [0.15, 0.2) is 0 Å². The molecule has 0 aromatic heterocycles. The van der Waals surface area contributed by atoms with Crippen LogP contribution in [0.1, 0.15) is 25.7 Å². The molecule has 0 aliphatic heterocycles. The summed E-state index contributed by atoms with van der Waals surface area (Å²) in [5.74, 6) is -1.38. The Balaban J connectivity index is 2.59. The summed E-state index contributed by atoms with van der Waals surface area (Å²) in [4.78, 5) is 0. The summed E-state index contributed by atoms with van der Waals surface area (Å²) in [7, 11) is 1.38. The number of ether oxygens (including phenoxy) is 1. The summed E-state index contributed by atoms with van der Waals surface area (Å²) in [6.07, 6.45) is -3.50. The second kappa shape index (κ2) is 4.06. The number of aliphatic hydroxyl groups is 1. The highest BCUT2D eigenvalue weighted by Gasteiger charge is 2.46. The Hall–Kier alpha value is -0.290. The molecule has 0 spiro atoms. The second-order valence-electron chi connectivity index (χ2n) is 3.99. The fourth-order valence-corrected chi connectivity index (χ4v) is 2.02. The van der Waals surface area contributed by atoms with Gasteiger partial charge in [-0.1, -0.05) is 0 Å². The average molecular weight is 212 g/mol. The Morgan fingerprint density at radius 1 is 1.50 bits per heavy atom. The van der Waals surface area contributed by atoms with Gasteiger partial charge in [-0.15, -0.1) is 0 Å². The van der Waals surface area contributed by atoms with E-state index in [4.69, 9.17) is 4.74 Å². The topological polar surface area (TPSA) is 29.5 Å². The molecule has 14 heavy (non-hydrogen) atoms. The van der Waals surface area contributed by atoms with E-state index in [0.29, 0.717) is 12.8 Å². The van der Waals surface area contributed by atoms with Crippen LogP contribution in [0.25, 0.3) is 0 Å². The molecule has 5 heteroatoms. The summed E-state index contributed by atoms with van der Waals surface area (Å²) in [6, 6.07) is 0. The Bertz CT molecular complexity index is 189. The largest absolute Gasteiger partial charge is 0.391 e. The van der Waals surface area contributed by atoms with Gasteiger partial charge in [0.1, 0.15) is 0 Å². The van der Waals surface area contributed by atoms with Gasteiger partial charge in [-0.05, 0) is 25.7 Å². The molecule has 0 amide bonds. The molecular formula is C9H15F3O2. The van der Waals surface area contributed by atoms with Crippen LogP contribution in [0, 0.1) is 5.92 Å². The van der Waals surface area contributed by atoms with Crippen molar-refractivity contribution in [1.29, 1.82) is 0 Å². The van der Waals surface area contributed by atoms with E-state index in [-0.39, 0.29) is 19.4 Å². The van der Waals surface area contributed by atoms with Gasteiger partial charge in [0.2, 0.25) is 0 Å². The molecule has 0 radical (unpaired) electrons. The maximum Gasteiger partial charge on any atom is 0.391 e. The number of rotatable bonds is 2. The average Bonchev–Trinajstić information content (AvgIpc) is 2.02. The van der Waals surface area contributed by atoms with Gasteiger partial charge in [0.05, 0.1) is 18.1 Å². The molecule has 1 fully saturated rings. The van der Waals surface area contributed by atoms with E-state index in [1.807, 2.05) is 0 Å². The number of hydrogen-bond acceptors (Lipinski definition) is 2. The lowest BCUT2D eigenvalue weighted by atomic mass is 9.78. The monoisotopic (exact) mass is 212 g/mol. The highest BCUT2D eigenvalue weighted by atomic mass is 19.4. The maximum atomic E-state index is 12.4. The highest BCUT2D eigenvalue weighted by Crippen LogP contribution is 2.41. The molecule has 1 saturated carbocycles. The number of methoxy groups -OCH3 is 1. The zero-order valence-electron chi connectivity index (χ0n) is 8.10. The minimum Gasteiger partial charge on any atom is -0.387 e.